The number of anilines is 2. The normalized spacial score (nSPS) is 19.7. The molecule has 3 atom stereocenters. The SMILES string of the molecule is CCOc1ccccc1NS(=O)(=O)c1ccc2c(c1)[C@H]1C=CC[C@H]1[C@@H](c1ccc(OCC)c(OCC)c1)N2. The summed E-state index contributed by atoms with van der Waals surface area (Å²) in [5, 5.41) is 3.69. The van der Waals surface area contributed by atoms with Gasteiger partial charge in [0.2, 0.25) is 0 Å². The highest BCUT2D eigenvalue weighted by Gasteiger charge is 2.38. The lowest BCUT2D eigenvalue weighted by molar-refractivity contribution is 0.287. The van der Waals surface area contributed by atoms with E-state index in [1.165, 1.54) is 0 Å². The minimum Gasteiger partial charge on any atom is -0.492 e. The molecule has 0 radical (unpaired) electrons. The van der Waals surface area contributed by atoms with Crippen LogP contribution < -0.4 is 24.2 Å². The molecule has 0 bridgehead atoms. The predicted octanol–water partition coefficient (Wildman–Crippen LogP) is 6.51. The van der Waals surface area contributed by atoms with Gasteiger partial charge in [0.1, 0.15) is 5.75 Å². The summed E-state index contributed by atoms with van der Waals surface area (Å²) in [7, 11) is -3.82. The Labute approximate surface area is 224 Å². The van der Waals surface area contributed by atoms with Crippen molar-refractivity contribution >= 4 is 21.4 Å². The Morgan fingerprint density at radius 2 is 1.61 bits per heavy atom. The van der Waals surface area contributed by atoms with Crippen LogP contribution in [0.4, 0.5) is 11.4 Å². The molecule has 200 valence electrons. The maximum atomic E-state index is 13.4. The van der Waals surface area contributed by atoms with Crippen LogP contribution in [0.1, 0.15) is 50.3 Å². The number of hydrogen-bond donors (Lipinski definition) is 2. The van der Waals surface area contributed by atoms with E-state index in [4.69, 9.17) is 14.2 Å². The van der Waals surface area contributed by atoms with Gasteiger partial charge in [-0.15, -0.1) is 0 Å². The average molecular weight is 535 g/mol. The number of benzene rings is 3. The zero-order valence-electron chi connectivity index (χ0n) is 21.9. The Bertz CT molecular complexity index is 1440. The fourth-order valence-corrected chi connectivity index (χ4v) is 6.47. The van der Waals surface area contributed by atoms with Crippen LogP contribution in [-0.2, 0) is 10.0 Å². The molecule has 8 heteroatoms. The van der Waals surface area contributed by atoms with E-state index >= 15 is 0 Å². The molecule has 38 heavy (non-hydrogen) atoms. The molecule has 7 nitrogen and oxygen atoms in total. The Kier molecular flexibility index (Phi) is 7.51. The number of sulfonamides is 1. The Morgan fingerprint density at radius 3 is 2.39 bits per heavy atom. The van der Waals surface area contributed by atoms with Crippen LogP contribution in [0, 0.1) is 5.92 Å². The van der Waals surface area contributed by atoms with Crippen LogP contribution in [0.5, 0.6) is 17.2 Å². The van der Waals surface area contributed by atoms with Gasteiger partial charge in [-0.1, -0.05) is 30.4 Å². The van der Waals surface area contributed by atoms with Crippen molar-refractivity contribution in [3.63, 3.8) is 0 Å². The van der Waals surface area contributed by atoms with E-state index in [0.717, 1.165) is 34.7 Å². The fraction of sp³-hybridized carbons (Fsp3) is 0.333. The van der Waals surface area contributed by atoms with Crippen LogP contribution in [0.25, 0.3) is 0 Å². The first-order chi connectivity index (χ1) is 18.4. The fourth-order valence-electron chi connectivity index (χ4n) is 5.37. The molecule has 0 fully saturated rings. The van der Waals surface area contributed by atoms with Gasteiger partial charge in [-0.3, -0.25) is 4.72 Å². The highest BCUT2D eigenvalue weighted by Crippen LogP contribution is 2.51. The molecule has 0 saturated heterocycles. The van der Waals surface area contributed by atoms with E-state index in [1.54, 1.807) is 30.3 Å². The third-order valence-corrected chi connectivity index (χ3v) is 8.37. The topological polar surface area (TPSA) is 85.9 Å². The summed E-state index contributed by atoms with van der Waals surface area (Å²) in [5.41, 5.74) is 3.46. The van der Waals surface area contributed by atoms with Crippen LogP contribution >= 0.6 is 0 Å². The highest BCUT2D eigenvalue weighted by atomic mass is 32.2. The Balaban J connectivity index is 1.46. The third kappa shape index (κ3) is 5.05. The number of rotatable bonds is 10. The number of fused-ring (bicyclic) bond motifs is 3. The molecule has 2 aliphatic rings. The van der Waals surface area contributed by atoms with E-state index in [1.807, 2.05) is 39.0 Å². The second kappa shape index (κ2) is 11.0. The summed E-state index contributed by atoms with van der Waals surface area (Å²) in [4.78, 5) is 0.224. The third-order valence-electron chi connectivity index (χ3n) is 7.00. The molecule has 5 rings (SSSR count). The summed E-state index contributed by atoms with van der Waals surface area (Å²) < 4.78 is 46.7. The lowest BCUT2D eigenvalue weighted by Gasteiger charge is -2.38. The number of para-hydroxylation sites is 2. The van der Waals surface area contributed by atoms with Crippen LogP contribution in [0.2, 0.25) is 0 Å². The van der Waals surface area contributed by atoms with Crippen LogP contribution in [-0.4, -0.2) is 28.2 Å². The molecule has 3 aromatic carbocycles. The molecule has 0 aromatic heterocycles. The predicted molar refractivity (Wildman–Crippen MR) is 150 cm³/mol. The minimum atomic E-state index is -3.82. The van der Waals surface area contributed by atoms with Gasteiger partial charge in [0, 0.05) is 11.6 Å². The summed E-state index contributed by atoms with van der Waals surface area (Å²) in [6.07, 6.45) is 5.29. The number of allylic oxidation sites excluding steroid dienone is 2. The average Bonchev–Trinajstić information content (AvgIpc) is 3.41. The number of nitrogens with one attached hydrogen (secondary N) is 2. The number of hydrogen-bond acceptors (Lipinski definition) is 6. The Hall–Kier alpha value is -3.65. The van der Waals surface area contributed by atoms with Crippen molar-refractivity contribution in [1.29, 1.82) is 0 Å². The van der Waals surface area contributed by atoms with Crippen LogP contribution in [0.15, 0.2) is 77.7 Å². The van der Waals surface area contributed by atoms with Gasteiger partial charge in [0.15, 0.2) is 11.5 Å². The second-order valence-corrected chi connectivity index (χ2v) is 11.0. The van der Waals surface area contributed by atoms with E-state index in [-0.39, 0.29) is 22.8 Å². The highest BCUT2D eigenvalue weighted by molar-refractivity contribution is 7.92. The summed E-state index contributed by atoms with van der Waals surface area (Å²) >= 11 is 0. The summed E-state index contributed by atoms with van der Waals surface area (Å²) in [6.45, 7) is 7.36. The standard InChI is InChI=1S/C30H34N2O5S/c1-4-35-27-13-8-7-12-26(27)32-38(33,34)21-15-16-25-24(19-21)22-10-9-11-23(22)30(31-25)20-14-17-28(36-5-2)29(18-20)37-6-3/h7-10,12-19,22-23,30-32H,4-6,11H2,1-3H3/t22-,23+,30+/m0/s1. The van der Waals surface area contributed by atoms with Crippen molar-refractivity contribution in [3.8, 4) is 17.2 Å². The molecule has 3 aromatic rings. The van der Waals surface area contributed by atoms with E-state index < -0.39 is 10.0 Å². The van der Waals surface area contributed by atoms with E-state index in [9.17, 15) is 8.42 Å². The minimum absolute atomic E-state index is 0.0519. The summed E-state index contributed by atoms with van der Waals surface area (Å²) in [5.74, 6) is 2.33. The van der Waals surface area contributed by atoms with Gasteiger partial charge in [-0.25, -0.2) is 8.42 Å². The summed E-state index contributed by atoms with van der Waals surface area (Å²) in [6, 6.07) is 18.5. The van der Waals surface area contributed by atoms with Crippen molar-refractivity contribution in [1.82, 2.24) is 0 Å². The second-order valence-electron chi connectivity index (χ2n) is 9.33. The van der Waals surface area contributed by atoms with Gasteiger partial charge in [-0.2, -0.15) is 0 Å². The lowest BCUT2D eigenvalue weighted by atomic mass is 9.77. The van der Waals surface area contributed by atoms with Crippen LogP contribution in [0.3, 0.4) is 0 Å². The molecule has 0 spiro atoms. The van der Waals surface area contributed by atoms with Gasteiger partial charge in [0.05, 0.1) is 36.4 Å². The van der Waals surface area contributed by atoms with E-state index in [2.05, 4.69) is 34.3 Å². The van der Waals surface area contributed by atoms with Crippen molar-refractivity contribution in [2.75, 3.05) is 29.9 Å². The molecular formula is C30H34N2O5S. The lowest BCUT2D eigenvalue weighted by Crippen LogP contribution is -2.29. The van der Waals surface area contributed by atoms with Gasteiger partial charge < -0.3 is 19.5 Å². The quantitative estimate of drug-likeness (QED) is 0.289. The first-order valence-electron chi connectivity index (χ1n) is 13.2. The molecular weight excluding hydrogens is 500 g/mol. The molecule has 1 aliphatic heterocycles. The Morgan fingerprint density at radius 1 is 0.868 bits per heavy atom. The van der Waals surface area contributed by atoms with Gasteiger partial charge >= 0.3 is 0 Å². The largest absolute Gasteiger partial charge is 0.492 e. The van der Waals surface area contributed by atoms with Gasteiger partial charge in [0.25, 0.3) is 10.0 Å². The first-order valence-corrected chi connectivity index (χ1v) is 14.6. The van der Waals surface area contributed by atoms with Crippen molar-refractivity contribution in [2.24, 2.45) is 5.92 Å². The van der Waals surface area contributed by atoms with E-state index in [0.29, 0.717) is 31.3 Å². The molecule has 2 N–H and O–H groups in total. The molecule has 0 unspecified atom stereocenters. The maximum Gasteiger partial charge on any atom is 0.262 e. The van der Waals surface area contributed by atoms with Crippen molar-refractivity contribution in [2.45, 2.75) is 44.0 Å². The van der Waals surface area contributed by atoms with Crippen molar-refractivity contribution < 1.29 is 22.6 Å². The molecule has 0 amide bonds. The number of ether oxygens (including phenoxy) is 3. The zero-order valence-corrected chi connectivity index (χ0v) is 22.8. The zero-order chi connectivity index (χ0) is 26.7. The smallest absolute Gasteiger partial charge is 0.262 e. The monoisotopic (exact) mass is 534 g/mol. The first kappa shape index (κ1) is 26.0. The van der Waals surface area contributed by atoms with Crippen molar-refractivity contribution in [3.05, 3.63) is 83.9 Å². The molecule has 0 saturated carbocycles. The molecule has 1 heterocycles. The maximum absolute atomic E-state index is 13.4. The van der Waals surface area contributed by atoms with Gasteiger partial charge in [-0.05, 0) is 86.7 Å². The molecule has 1 aliphatic carbocycles.